The lowest BCUT2D eigenvalue weighted by molar-refractivity contribution is 0.272. The van der Waals surface area contributed by atoms with E-state index in [1.54, 1.807) is 10.7 Å². The van der Waals surface area contributed by atoms with E-state index < -0.39 is 0 Å². The van der Waals surface area contributed by atoms with Gasteiger partial charge in [-0.2, -0.15) is 5.10 Å². The highest BCUT2D eigenvalue weighted by Gasteiger charge is 2.15. The molecule has 0 amide bonds. The van der Waals surface area contributed by atoms with Gasteiger partial charge in [0.25, 0.3) is 0 Å². The van der Waals surface area contributed by atoms with Gasteiger partial charge >= 0.3 is 0 Å². The summed E-state index contributed by atoms with van der Waals surface area (Å²) in [6.07, 6.45) is 0. The van der Waals surface area contributed by atoms with Crippen LogP contribution in [0.25, 0.3) is 22.2 Å². The Morgan fingerprint density at radius 3 is 2.62 bits per heavy atom. The van der Waals surface area contributed by atoms with Crippen LogP contribution in [0.2, 0.25) is 0 Å². The van der Waals surface area contributed by atoms with Gasteiger partial charge in [0.05, 0.1) is 18.7 Å². The van der Waals surface area contributed by atoms with E-state index in [2.05, 4.69) is 5.10 Å². The molecule has 1 aromatic heterocycles. The Balaban J connectivity index is 2.28. The minimum atomic E-state index is -0.0212. The molecule has 3 aromatic rings. The van der Waals surface area contributed by atoms with E-state index >= 15 is 0 Å². The summed E-state index contributed by atoms with van der Waals surface area (Å²) in [6.45, 7) is 2.37. The number of phenolic OH excluding ortho intramolecular Hbond substituents is 2. The number of rotatable bonds is 3. The van der Waals surface area contributed by atoms with Crippen LogP contribution >= 0.6 is 0 Å². The zero-order chi connectivity index (χ0) is 15.0. The molecular formula is C16H16N2O3. The lowest BCUT2D eigenvalue weighted by Gasteiger charge is -2.03. The van der Waals surface area contributed by atoms with Gasteiger partial charge in [-0.15, -0.1) is 0 Å². The van der Waals surface area contributed by atoms with Crippen LogP contribution in [-0.4, -0.2) is 31.7 Å². The highest BCUT2D eigenvalue weighted by Crippen LogP contribution is 2.35. The molecule has 0 unspecified atom stereocenters. The topological polar surface area (TPSA) is 78.5 Å². The fourth-order valence-corrected chi connectivity index (χ4v) is 2.48. The van der Waals surface area contributed by atoms with Gasteiger partial charge in [0.1, 0.15) is 17.2 Å². The van der Waals surface area contributed by atoms with E-state index in [1.165, 1.54) is 12.1 Å². The van der Waals surface area contributed by atoms with Crippen LogP contribution in [0, 0.1) is 6.92 Å². The predicted octanol–water partition coefficient (Wildman–Crippen LogP) is 2.42. The lowest BCUT2D eigenvalue weighted by Crippen LogP contribution is -2.03. The van der Waals surface area contributed by atoms with E-state index in [1.807, 2.05) is 25.1 Å². The highest BCUT2D eigenvalue weighted by atomic mass is 16.3. The molecule has 5 heteroatoms. The van der Waals surface area contributed by atoms with Crippen LogP contribution in [0.1, 0.15) is 5.56 Å². The second-order valence-electron chi connectivity index (χ2n) is 5.02. The van der Waals surface area contributed by atoms with Gasteiger partial charge in [-0.1, -0.05) is 11.6 Å². The lowest BCUT2D eigenvalue weighted by atomic mass is 10.0. The van der Waals surface area contributed by atoms with Crippen molar-refractivity contribution in [3.63, 3.8) is 0 Å². The normalized spacial score (nSPS) is 11.1. The van der Waals surface area contributed by atoms with Crippen LogP contribution in [0.5, 0.6) is 11.5 Å². The van der Waals surface area contributed by atoms with E-state index in [9.17, 15) is 10.2 Å². The van der Waals surface area contributed by atoms with Gasteiger partial charge in [0.15, 0.2) is 0 Å². The molecule has 3 N–H and O–H groups in total. The van der Waals surface area contributed by atoms with Gasteiger partial charge < -0.3 is 15.3 Å². The largest absolute Gasteiger partial charge is 0.508 e. The summed E-state index contributed by atoms with van der Waals surface area (Å²) in [7, 11) is 0. The molecule has 0 atom stereocenters. The summed E-state index contributed by atoms with van der Waals surface area (Å²) in [6, 6.07) is 10.4. The van der Waals surface area contributed by atoms with Gasteiger partial charge in [-0.3, -0.25) is 4.68 Å². The third-order valence-electron chi connectivity index (χ3n) is 3.45. The maximum absolute atomic E-state index is 10.1. The maximum atomic E-state index is 10.1. The first-order valence-electron chi connectivity index (χ1n) is 6.70. The van der Waals surface area contributed by atoms with Crippen molar-refractivity contribution in [3.8, 4) is 22.8 Å². The molecule has 2 aromatic carbocycles. The van der Waals surface area contributed by atoms with Crippen LogP contribution in [-0.2, 0) is 6.54 Å². The van der Waals surface area contributed by atoms with Crippen molar-refractivity contribution in [1.29, 1.82) is 0 Å². The Bertz CT molecular complexity index is 809. The smallest absolute Gasteiger partial charge is 0.128 e. The Morgan fingerprint density at radius 2 is 1.90 bits per heavy atom. The molecule has 0 saturated heterocycles. The first kappa shape index (κ1) is 13.5. The monoisotopic (exact) mass is 284 g/mol. The SMILES string of the molecule is Cc1ccc2c(c1)c(-c1ccc(O)cc1O)nn2CCO. The number of aryl methyl sites for hydroxylation is 1. The summed E-state index contributed by atoms with van der Waals surface area (Å²) < 4.78 is 1.72. The number of aliphatic hydroxyl groups is 1. The quantitative estimate of drug-likeness (QED) is 0.690. The number of aliphatic hydroxyl groups excluding tert-OH is 1. The van der Waals surface area contributed by atoms with E-state index in [0.29, 0.717) is 17.8 Å². The van der Waals surface area contributed by atoms with Crippen molar-refractivity contribution < 1.29 is 15.3 Å². The Labute approximate surface area is 121 Å². The molecule has 0 aliphatic carbocycles. The molecule has 21 heavy (non-hydrogen) atoms. The number of hydrogen-bond donors (Lipinski definition) is 3. The second kappa shape index (κ2) is 5.10. The molecule has 3 rings (SSSR count). The number of nitrogens with zero attached hydrogens (tertiary/aromatic N) is 2. The van der Waals surface area contributed by atoms with Crippen molar-refractivity contribution in [3.05, 3.63) is 42.0 Å². The molecule has 0 aliphatic rings. The van der Waals surface area contributed by atoms with Crippen LogP contribution < -0.4 is 0 Å². The first-order chi connectivity index (χ1) is 10.1. The predicted molar refractivity (Wildman–Crippen MR) is 80.3 cm³/mol. The number of aromatic nitrogens is 2. The molecule has 0 aliphatic heterocycles. The van der Waals surface area contributed by atoms with Crippen LogP contribution in [0.3, 0.4) is 0 Å². The number of fused-ring (bicyclic) bond motifs is 1. The Kier molecular flexibility index (Phi) is 3.27. The molecule has 0 radical (unpaired) electrons. The van der Waals surface area contributed by atoms with Crippen LogP contribution in [0.15, 0.2) is 36.4 Å². The van der Waals surface area contributed by atoms with E-state index in [-0.39, 0.29) is 18.1 Å². The van der Waals surface area contributed by atoms with Crippen molar-refractivity contribution in [2.75, 3.05) is 6.61 Å². The zero-order valence-corrected chi connectivity index (χ0v) is 11.6. The molecule has 0 bridgehead atoms. The standard InChI is InChI=1S/C16H16N2O3/c1-10-2-5-14-13(8-10)16(17-18(14)6-7-19)12-4-3-11(20)9-15(12)21/h2-5,8-9,19-21H,6-7H2,1H3. The summed E-state index contributed by atoms with van der Waals surface area (Å²) in [5.74, 6) is -0.0152. The molecular weight excluding hydrogens is 268 g/mol. The molecule has 0 saturated carbocycles. The minimum Gasteiger partial charge on any atom is -0.508 e. The van der Waals surface area contributed by atoms with Gasteiger partial charge in [0, 0.05) is 17.0 Å². The zero-order valence-electron chi connectivity index (χ0n) is 11.6. The fourth-order valence-electron chi connectivity index (χ4n) is 2.48. The van der Waals surface area contributed by atoms with Crippen LogP contribution in [0.4, 0.5) is 0 Å². The van der Waals surface area contributed by atoms with Gasteiger partial charge in [0.2, 0.25) is 0 Å². The maximum Gasteiger partial charge on any atom is 0.128 e. The molecule has 0 fully saturated rings. The van der Waals surface area contributed by atoms with Crippen molar-refractivity contribution >= 4 is 10.9 Å². The van der Waals surface area contributed by atoms with Crippen molar-refractivity contribution in [1.82, 2.24) is 9.78 Å². The average Bonchev–Trinajstić information content (AvgIpc) is 2.77. The summed E-state index contributed by atoms with van der Waals surface area (Å²) in [5.41, 5.74) is 3.18. The number of benzene rings is 2. The number of aromatic hydroxyl groups is 2. The van der Waals surface area contributed by atoms with E-state index in [4.69, 9.17) is 5.11 Å². The third-order valence-corrected chi connectivity index (χ3v) is 3.45. The second-order valence-corrected chi connectivity index (χ2v) is 5.02. The average molecular weight is 284 g/mol. The fraction of sp³-hybridized carbons (Fsp3) is 0.188. The van der Waals surface area contributed by atoms with Gasteiger partial charge in [-0.05, 0) is 31.2 Å². The van der Waals surface area contributed by atoms with Crippen molar-refractivity contribution in [2.45, 2.75) is 13.5 Å². The number of hydrogen-bond acceptors (Lipinski definition) is 4. The Morgan fingerprint density at radius 1 is 1.10 bits per heavy atom. The molecule has 5 nitrogen and oxygen atoms in total. The summed E-state index contributed by atoms with van der Waals surface area (Å²) in [4.78, 5) is 0. The molecule has 0 spiro atoms. The summed E-state index contributed by atoms with van der Waals surface area (Å²) >= 11 is 0. The van der Waals surface area contributed by atoms with Gasteiger partial charge in [-0.25, -0.2) is 0 Å². The summed E-state index contributed by atoms with van der Waals surface area (Å²) in [5, 5.41) is 34.0. The first-order valence-corrected chi connectivity index (χ1v) is 6.70. The minimum absolute atomic E-state index is 0.00604. The van der Waals surface area contributed by atoms with Crippen molar-refractivity contribution in [2.24, 2.45) is 0 Å². The third kappa shape index (κ3) is 2.32. The molecule has 108 valence electrons. The highest BCUT2D eigenvalue weighted by molar-refractivity contribution is 5.95. The van der Waals surface area contributed by atoms with E-state index in [0.717, 1.165) is 16.5 Å². The Hall–Kier alpha value is -2.53. The number of phenols is 2. The molecule has 1 heterocycles.